The Morgan fingerprint density at radius 2 is 1.64 bits per heavy atom. The van der Waals surface area contributed by atoms with Gasteiger partial charge in [0.05, 0.1) is 30.7 Å². The number of fused-ring (bicyclic) bond motifs is 1. The molecule has 0 amide bonds. The van der Waals surface area contributed by atoms with Gasteiger partial charge in [-0.1, -0.05) is 54.6 Å². The fourth-order valence-corrected chi connectivity index (χ4v) is 4.33. The van der Waals surface area contributed by atoms with Gasteiger partial charge < -0.3 is 14.7 Å². The van der Waals surface area contributed by atoms with E-state index in [0.29, 0.717) is 12.3 Å². The lowest BCUT2D eigenvalue weighted by molar-refractivity contribution is 0.282. The van der Waals surface area contributed by atoms with Gasteiger partial charge in [-0.05, 0) is 59.4 Å². The molecule has 0 radical (unpaired) electrons. The summed E-state index contributed by atoms with van der Waals surface area (Å²) >= 11 is 0. The van der Waals surface area contributed by atoms with E-state index in [0.717, 1.165) is 40.9 Å². The van der Waals surface area contributed by atoms with E-state index in [1.54, 1.807) is 6.34 Å². The van der Waals surface area contributed by atoms with Gasteiger partial charge in [-0.2, -0.15) is 0 Å². The zero-order valence-electron chi connectivity index (χ0n) is 19.7. The van der Waals surface area contributed by atoms with E-state index in [-0.39, 0.29) is 18.8 Å². The summed E-state index contributed by atoms with van der Waals surface area (Å²) in [5, 5.41) is 9.43. The van der Waals surface area contributed by atoms with Crippen LogP contribution in [-0.2, 0) is 32.6 Å². The summed E-state index contributed by atoms with van der Waals surface area (Å²) in [4.78, 5) is 6.67. The number of hydrogen-bond donors (Lipinski definition) is 1. The van der Waals surface area contributed by atoms with Crippen LogP contribution in [0.1, 0.15) is 27.8 Å². The first-order chi connectivity index (χ1) is 17.6. The number of halogens is 2. The normalized spacial score (nSPS) is 12.5. The van der Waals surface area contributed by atoms with Gasteiger partial charge in [-0.3, -0.25) is 0 Å². The van der Waals surface area contributed by atoms with Crippen molar-refractivity contribution in [2.75, 3.05) is 4.90 Å². The Hall–Kier alpha value is -4.03. The molecular formula is C30H26F2N2O2. The van der Waals surface area contributed by atoms with Crippen LogP contribution in [0.15, 0.2) is 89.9 Å². The molecule has 4 aromatic carbocycles. The molecule has 0 saturated heterocycles. The van der Waals surface area contributed by atoms with Gasteiger partial charge in [0, 0.05) is 11.8 Å². The Balaban J connectivity index is 1.42. The number of aliphatic hydroxyl groups is 1. The van der Waals surface area contributed by atoms with Gasteiger partial charge in [0.2, 0.25) is 0 Å². The Morgan fingerprint density at radius 3 is 2.42 bits per heavy atom. The van der Waals surface area contributed by atoms with Crippen LogP contribution in [0.25, 0.3) is 0 Å². The van der Waals surface area contributed by atoms with Crippen LogP contribution in [0.5, 0.6) is 5.75 Å². The van der Waals surface area contributed by atoms with Crippen molar-refractivity contribution < 1.29 is 18.6 Å². The predicted octanol–water partition coefficient (Wildman–Crippen LogP) is 6.50. The molecule has 1 aliphatic rings. The number of aliphatic hydroxyl groups excluding tert-OH is 1. The van der Waals surface area contributed by atoms with Crippen molar-refractivity contribution in [2.24, 2.45) is 4.99 Å². The molecule has 0 spiro atoms. The minimum absolute atomic E-state index is 0.0296. The molecule has 0 aromatic heterocycles. The average Bonchev–Trinajstić information content (AvgIpc) is 2.92. The number of aliphatic imine (C=N–C) groups is 1. The monoisotopic (exact) mass is 484 g/mol. The van der Waals surface area contributed by atoms with Crippen LogP contribution in [0.3, 0.4) is 0 Å². The van der Waals surface area contributed by atoms with Crippen molar-refractivity contribution in [2.45, 2.75) is 32.6 Å². The van der Waals surface area contributed by atoms with Crippen molar-refractivity contribution >= 4 is 17.7 Å². The Kier molecular flexibility index (Phi) is 7.05. The Bertz CT molecular complexity index is 1370. The van der Waals surface area contributed by atoms with Crippen LogP contribution >= 0.6 is 0 Å². The van der Waals surface area contributed by atoms with E-state index in [2.05, 4.69) is 22.0 Å². The van der Waals surface area contributed by atoms with E-state index in [1.807, 2.05) is 54.6 Å². The van der Waals surface area contributed by atoms with E-state index in [4.69, 9.17) is 4.74 Å². The van der Waals surface area contributed by atoms with E-state index in [1.165, 1.54) is 23.8 Å². The zero-order chi connectivity index (χ0) is 24.9. The Morgan fingerprint density at radius 1 is 0.833 bits per heavy atom. The van der Waals surface area contributed by atoms with Crippen LogP contribution < -0.4 is 9.64 Å². The van der Waals surface area contributed by atoms with E-state index in [9.17, 15) is 13.9 Å². The molecule has 182 valence electrons. The summed E-state index contributed by atoms with van der Waals surface area (Å²) in [5.74, 6) is -0.737. The topological polar surface area (TPSA) is 45.1 Å². The SMILES string of the molecule is OCc1ccc2c(c1)N=CN(c1cc(OCc3c(F)cccc3F)ccc1CCc1ccccc1)C2. The molecule has 0 fully saturated rings. The highest BCUT2D eigenvalue weighted by atomic mass is 19.1. The molecule has 0 aliphatic carbocycles. The maximum absolute atomic E-state index is 14.1. The van der Waals surface area contributed by atoms with Gasteiger partial charge in [0.15, 0.2) is 0 Å². The third-order valence-electron chi connectivity index (χ3n) is 6.35. The summed E-state index contributed by atoms with van der Waals surface area (Å²) in [7, 11) is 0. The standard InChI is InChI=1S/C30H26F2N2O2/c31-27-7-4-8-28(32)26(27)19-36-25-14-13-23(11-9-21-5-2-1-3-6-21)30(16-25)34-17-24-12-10-22(18-35)15-29(24)33-20-34/h1-8,10,12-16,20,35H,9,11,17-19H2. The summed E-state index contributed by atoms with van der Waals surface area (Å²) < 4.78 is 34.0. The molecule has 36 heavy (non-hydrogen) atoms. The minimum Gasteiger partial charge on any atom is -0.489 e. The van der Waals surface area contributed by atoms with Gasteiger partial charge >= 0.3 is 0 Å². The largest absolute Gasteiger partial charge is 0.489 e. The number of ether oxygens (including phenoxy) is 1. The maximum atomic E-state index is 14.1. The molecule has 1 N–H and O–H groups in total. The highest BCUT2D eigenvalue weighted by Crippen LogP contribution is 2.33. The molecule has 4 nitrogen and oxygen atoms in total. The number of rotatable bonds is 8. The van der Waals surface area contributed by atoms with Gasteiger partial charge in [-0.15, -0.1) is 0 Å². The average molecular weight is 485 g/mol. The zero-order valence-corrected chi connectivity index (χ0v) is 19.7. The highest BCUT2D eigenvalue weighted by Gasteiger charge is 2.18. The second-order valence-electron chi connectivity index (χ2n) is 8.76. The Labute approximate surface area is 209 Å². The number of anilines is 1. The van der Waals surface area contributed by atoms with Crippen molar-refractivity contribution in [3.8, 4) is 5.75 Å². The molecule has 1 heterocycles. The molecule has 1 aliphatic heterocycles. The summed E-state index contributed by atoms with van der Waals surface area (Å²) in [6, 6.07) is 25.6. The second-order valence-corrected chi connectivity index (χ2v) is 8.76. The van der Waals surface area contributed by atoms with Crippen molar-refractivity contribution in [1.29, 1.82) is 0 Å². The maximum Gasteiger partial charge on any atom is 0.132 e. The number of nitrogens with zero attached hydrogens (tertiary/aromatic N) is 2. The third-order valence-corrected chi connectivity index (χ3v) is 6.35. The summed E-state index contributed by atoms with van der Waals surface area (Å²) in [6.07, 6.45) is 3.46. The fourth-order valence-electron chi connectivity index (χ4n) is 4.33. The molecular weight excluding hydrogens is 458 g/mol. The van der Waals surface area contributed by atoms with Crippen molar-refractivity contribution in [3.05, 3.63) is 124 Å². The van der Waals surface area contributed by atoms with Crippen LogP contribution in [-0.4, -0.2) is 11.4 Å². The van der Waals surface area contributed by atoms with Gasteiger partial charge in [0.1, 0.15) is 24.0 Å². The minimum atomic E-state index is -0.628. The van der Waals surface area contributed by atoms with Crippen LogP contribution in [0.2, 0.25) is 0 Å². The first kappa shape index (κ1) is 23.7. The molecule has 6 heteroatoms. The summed E-state index contributed by atoms with van der Waals surface area (Å²) in [6.45, 7) is 0.370. The fraction of sp³-hybridized carbons (Fsp3) is 0.167. The molecule has 5 rings (SSSR count). The molecule has 4 aromatic rings. The first-order valence-corrected chi connectivity index (χ1v) is 11.9. The van der Waals surface area contributed by atoms with Gasteiger partial charge in [-0.25, -0.2) is 13.8 Å². The molecule has 0 atom stereocenters. The quantitative estimate of drug-likeness (QED) is 0.310. The lowest BCUT2D eigenvalue weighted by Gasteiger charge is -2.27. The van der Waals surface area contributed by atoms with Crippen molar-refractivity contribution in [1.82, 2.24) is 0 Å². The first-order valence-electron chi connectivity index (χ1n) is 11.9. The number of aryl methyl sites for hydroxylation is 2. The molecule has 0 unspecified atom stereocenters. The third kappa shape index (κ3) is 5.29. The van der Waals surface area contributed by atoms with E-state index < -0.39 is 11.6 Å². The summed E-state index contributed by atoms with van der Waals surface area (Å²) in [5.41, 5.74) is 5.89. The van der Waals surface area contributed by atoms with Crippen molar-refractivity contribution in [3.63, 3.8) is 0 Å². The second kappa shape index (κ2) is 10.7. The predicted molar refractivity (Wildman–Crippen MR) is 138 cm³/mol. The molecule has 0 saturated carbocycles. The van der Waals surface area contributed by atoms with Crippen LogP contribution in [0.4, 0.5) is 20.2 Å². The smallest absolute Gasteiger partial charge is 0.132 e. The van der Waals surface area contributed by atoms with Crippen LogP contribution in [0, 0.1) is 11.6 Å². The van der Waals surface area contributed by atoms with Gasteiger partial charge in [0.25, 0.3) is 0 Å². The van der Waals surface area contributed by atoms with E-state index >= 15 is 0 Å². The molecule has 0 bridgehead atoms. The number of benzene rings is 4. The highest BCUT2D eigenvalue weighted by molar-refractivity contribution is 5.86. The number of hydrogen-bond acceptors (Lipinski definition) is 4. The lowest BCUT2D eigenvalue weighted by Crippen LogP contribution is -2.24. The lowest BCUT2D eigenvalue weighted by atomic mass is 10.0.